The van der Waals surface area contributed by atoms with E-state index in [0.717, 1.165) is 5.56 Å². The summed E-state index contributed by atoms with van der Waals surface area (Å²) in [5.74, 6) is 0.241. The second-order valence-corrected chi connectivity index (χ2v) is 8.88. The van der Waals surface area contributed by atoms with Crippen molar-refractivity contribution in [3.63, 3.8) is 0 Å². The lowest BCUT2D eigenvalue weighted by atomic mass is 9.98. The van der Waals surface area contributed by atoms with Gasteiger partial charge >= 0.3 is 15.5 Å². The van der Waals surface area contributed by atoms with Gasteiger partial charge in [0.2, 0.25) is 0 Å². The number of guanidine groups is 1. The molecule has 0 spiro atoms. The number of benzene rings is 1. The number of nitrogens with one attached hydrogen (secondary N) is 2. The summed E-state index contributed by atoms with van der Waals surface area (Å²) < 4.78 is 75.0. The fourth-order valence-electron chi connectivity index (χ4n) is 2.99. The van der Waals surface area contributed by atoms with Gasteiger partial charge in [-0.3, -0.25) is 0 Å². The Morgan fingerprint density at radius 3 is 2.40 bits per heavy atom. The number of rotatable bonds is 6. The number of aryl methyl sites for hydroxylation is 1. The van der Waals surface area contributed by atoms with Gasteiger partial charge in [-0.15, -0.1) is 24.0 Å². The Morgan fingerprint density at radius 1 is 1.23 bits per heavy atom. The molecule has 2 N–H and O–H groups in total. The lowest BCUT2D eigenvalue weighted by molar-refractivity contribution is -0.0496. The number of alkyl halides is 3. The molecule has 0 aliphatic carbocycles. The zero-order valence-corrected chi connectivity index (χ0v) is 19.9. The molecular weight excluding hydrogens is 539 g/mol. The van der Waals surface area contributed by atoms with Gasteiger partial charge in [0.1, 0.15) is 5.82 Å². The third-order valence-electron chi connectivity index (χ3n) is 4.76. The van der Waals surface area contributed by atoms with Crippen LogP contribution < -0.4 is 10.6 Å². The predicted octanol–water partition coefficient (Wildman–Crippen LogP) is 3.37. The first-order chi connectivity index (χ1) is 13.5. The molecule has 1 aliphatic heterocycles. The maximum absolute atomic E-state index is 13.6. The average Bonchev–Trinajstić information content (AvgIpc) is 2.66. The first-order valence-corrected chi connectivity index (χ1v) is 10.8. The predicted molar refractivity (Wildman–Crippen MR) is 119 cm³/mol. The molecule has 2 rings (SSSR count). The highest BCUT2D eigenvalue weighted by Crippen LogP contribution is 2.30. The van der Waals surface area contributed by atoms with Crippen LogP contribution in [0.3, 0.4) is 0 Å². The van der Waals surface area contributed by atoms with Gasteiger partial charge < -0.3 is 10.6 Å². The number of aliphatic imine (C=N–C) groups is 1. The van der Waals surface area contributed by atoms with Crippen LogP contribution in [0.5, 0.6) is 0 Å². The van der Waals surface area contributed by atoms with E-state index < -0.39 is 15.5 Å². The van der Waals surface area contributed by atoms with E-state index >= 15 is 0 Å². The third-order valence-corrected chi connectivity index (χ3v) is 6.39. The zero-order chi connectivity index (χ0) is 21.7. The fraction of sp³-hybridized carbons (Fsp3) is 0.611. The molecular formula is C18H27F4IN4O2S. The van der Waals surface area contributed by atoms with Gasteiger partial charge in [-0.05, 0) is 49.8 Å². The summed E-state index contributed by atoms with van der Waals surface area (Å²) in [5.41, 5.74) is -3.99. The molecule has 0 amide bonds. The van der Waals surface area contributed by atoms with E-state index in [-0.39, 0.29) is 55.3 Å². The van der Waals surface area contributed by atoms with Crippen molar-refractivity contribution in [1.82, 2.24) is 14.9 Å². The van der Waals surface area contributed by atoms with Crippen LogP contribution >= 0.6 is 24.0 Å². The normalized spacial score (nSPS) is 16.8. The van der Waals surface area contributed by atoms with Gasteiger partial charge in [0.05, 0.1) is 6.54 Å². The third kappa shape index (κ3) is 7.22. The number of piperidine rings is 1. The van der Waals surface area contributed by atoms with Gasteiger partial charge in [-0.1, -0.05) is 12.1 Å². The van der Waals surface area contributed by atoms with Crippen molar-refractivity contribution in [3.05, 3.63) is 35.1 Å². The van der Waals surface area contributed by atoms with E-state index in [2.05, 4.69) is 15.6 Å². The minimum Gasteiger partial charge on any atom is -0.357 e. The molecule has 12 heteroatoms. The molecule has 30 heavy (non-hydrogen) atoms. The quantitative estimate of drug-likeness (QED) is 0.240. The molecule has 1 aromatic rings. The molecule has 0 radical (unpaired) electrons. The number of halogens is 5. The van der Waals surface area contributed by atoms with E-state index in [9.17, 15) is 26.0 Å². The fourth-order valence-corrected chi connectivity index (χ4v) is 3.97. The van der Waals surface area contributed by atoms with Crippen molar-refractivity contribution in [2.24, 2.45) is 10.9 Å². The van der Waals surface area contributed by atoms with Crippen molar-refractivity contribution in [2.75, 3.05) is 26.2 Å². The Balaban J connectivity index is 0.00000450. The highest BCUT2D eigenvalue weighted by Gasteiger charge is 2.50. The molecule has 0 bridgehead atoms. The molecule has 1 aromatic carbocycles. The van der Waals surface area contributed by atoms with E-state index in [0.29, 0.717) is 41.8 Å². The Hall–Kier alpha value is -1.15. The molecule has 1 aliphatic rings. The summed E-state index contributed by atoms with van der Waals surface area (Å²) in [4.78, 5) is 4.40. The lowest BCUT2D eigenvalue weighted by Crippen LogP contribution is -2.47. The molecule has 1 heterocycles. The van der Waals surface area contributed by atoms with E-state index in [1.165, 1.54) is 6.07 Å². The summed E-state index contributed by atoms with van der Waals surface area (Å²) in [6, 6.07) is 4.91. The van der Waals surface area contributed by atoms with E-state index in [4.69, 9.17) is 0 Å². The van der Waals surface area contributed by atoms with Gasteiger partial charge in [-0.2, -0.15) is 17.5 Å². The largest absolute Gasteiger partial charge is 0.511 e. The van der Waals surface area contributed by atoms with Gasteiger partial charge in [0, 0.05) is 26.2 Å². The van der Waals surface area contributed by atoms with Crippen LogP contribution in [0.15, 0.2) is 23.2 Å². The van der Waals surface area contributed by atoms with Crippen molar-refractivity contribution < 1.29 is 26.0 Å². The second kappa shape index (κ2) is 11.5. The van der Waals surface area contributed by atoms with Crippen LogP contribution in [0, 0.1) is 18.7 Å². The van der Waals surface area contributed by atoms with Crippen LogP contribution in [-0.2, 0) is 16.6 Å². The monoisotopic (exact) mass is 566 g/mol. The van der Waals surface area contributed by atoms with Crippen LogP contribution in [0.25, 0.3) is 0 Å². The summed E-state index contributed by atoms with van der Waals surface area (Å²) >= 11 is 0. The Bertz CT molecular complexity index is 826. The summed E-state index contributed by atoms with van der Waals surface area (Å²) in [6.45, 7) is 4.58. The van der Waals surface area contributed by atoms with Crippen molar-refractivity contribution in [1.29, 1.82) is 0 Å². The topological polar surface area (TPSA) is 73.8 Å². The molecule has 0 aromatic heterocycles. The highest BCUT2D eigenvalue weighted by atomic mass is 127. The molecule has 1 fully saturated rings. The molecule has 0 atom stereocenters. The zero-order valence-electron chi connectivity index (χ0n) is 16.8. The average molecular weight is 566 g/mol. The van der Waals surface area contributed by atoms with Crippen molar-refractivity contribution >= 4 is 40.0 Å². The second-order valence-electron chi connectivity index (χ2n) is 6.95. The van der Waals surface area contributed by atoms with Crippen molar-refractivity contribution in [3.8, 4) is 0 Å². The van der Waals surface area contributed by atoms with Crippen molar-refractivity contribution in [2.45, 2.75) is 38.7 Å². The van der Waals surface area contributed by atoms with E-state index in [1.54, 1.807) is 19.1 Å². The van der Waals surface area contributed by atoms with Crippen LogP contribution in [0.2, 0.25) is 0 Å². The number of hydrogen-bond donors (Lipinski definition) is 2. The lowest BCUT2D eigenvalue weighted by Gasteiger charge is -2.31. The van der Waals surface area contributed by atoms with Crippen LogP contribution in [0.4, 0.5) is 17.6 Å². The Labute approximate surface area is 191 Å². The van der Waals surface area contributed by atoms with Gasteiger partial charge in [0.15, 0.2) is 5.96 Å². The number of nitrogens with zero attached hydrogens (tertiary/aromatic N) is 2. The number of sulfonamides is 1. The molecule has 172 valence electrons. The minimum absolute atomic E-state index is 0. The van der Waals surface area contributed by atoms with E-state index in [1.807, 2.05) is 6.92 Å². The summed E-state index contributed by atoms with van der Waals surface area (Å²) in [7, 11) is -5.26. The summed E-state index contributed by atoms with van der Waals surface area (Å²) in [6.07, 6.45) is 0.649. The van der Waals surface area contributed by atoms with Gasteiger partial charge in [0.25, 0.3) is 0 Å². The van der Waals surface area contributed by atoms with Crippen LogP contribution in [0.1, 0.15) is 30.9 Å². The first kappa shape index (κ1) is 26.9. The SMILES string of the molecule is CCNC(=NCc1ccc(C)c(F)c1)NCC1CCN(S(=O)(=O)C(F)(F)F)CC1.I. The molecule has 0 saturated carbocycles. The molecule has 1 saturated heterocycles. The minimum atomic E-state index is -5.27. The first-order valence-electron chi connectivity index (χ1n) is 9.38. The standard InChI is InChI=1S/C18H26F4N4O2S.HI/c1-3-23-17(25-12-15-5-4-13(2)16(19)10-15)24-11-14-6-8-26(9-7-14)29(27,28)18(20,21)22;/h4-5,10,14H,3,6-9,11-12H2,1-2H3,(H2,23,24,25);1H. The Kier molecular flexibility index (Phi) is 10.3. The smallest absolute Gasteiger partial charge is 0.357 e. The maximum Gasteiger partial charge on any atom is 0.511 e. The van der Waals surface area contributed by atoms with Crippen LogP contribution in [-0.4, -0.2) is 50.4 Å². The molecule has 6 nitrogen and oxygen atoms in total. The highest BCUT2D eigenvalue weighted by molar-refractivity contribution is 14.0. The maximum atomic E-state index is 13.6. The number of hydrogen-bond acceptors (Lipinski definition) is 3. The summed E-state index contributed by atoms with van der Waals surface area (Å²) in [5, 5.41) is 6.19. The Morgan fingerprint density at radius 2 is 1.87 bits per heavy atom. The van der Waals surface area contributed by atoms with Gasteiger partial charge in [-0.25, -0.2) is 17.8 Å². The molecule has 0 unspecified atom stereocenters.